The lowest BCUT2D eigenvalue weighted by Crippen LogP contribution is -2.30. The molecule has 18 heavy (non-hydrogen) atoms. The smallest absolute Gasteiger partial charge is 0.337 e. The molecule has 0 radical (unpaired) electrons. The van der Waals surface area contributed by atoms with E-state index in [0.717, 1.165) is 19.3 Å². The van der Waals surface area contributed by atoms with Crippen LogP contribution < -0.4 is 5.32 Å². The molecule has 1 aliphatic rings. The van der Waals surface area contributed by atoms with Gasteiger partial charge in [0.05, 0.1) is 22.7 Å². The van der Waals surface area contributed by atoms with Gasteiger partial charge in [0.25, 0.3) is 0 Å². The van der Waals surface area contributed by atoms with Crippen LogP contribution in [0.2, 0.25) is 5.02 Å². The highest BCUT2D eigenvalue weighted by molar-refractivity contribution is 6.35. The Balaban J connectivity index is 2.19. The summed E-state index contributed by atoms with van der Waals surface area (Å²) in [6, 6.07) is 1.52. The molecule has 0 saturated heterocycles. The van der Waals surface area contributed by atoms with Gasteiger partial charge in [-0.05, 0) is 25.3 Å². The van der Waals surface area contributed by atoms with Crippen LogP contribution >= 0.6 is 11.6 Å². The van der Waals surface area contributed by atoms with Crippen molar-refractivity contribution >= 4 is 23.4 Å². The highest BCUT2D eigenvalue weighted by Gasteiger charge is 2.28. The fourth-order valence-corrected chi connectivity index (χ4v) is 2.51. The summed E-state index contributed by atoms with van der Waals surface area (Å²) in [5, 5.41) is 12.3. The van der Waals surface area contributed by atoms with E-state index in [-0.39, 0.29) is 22.7 Å². The van der Waals surface area contributed by atoms with Gasteiger partial charge in [-0.2, -0.15) is 0 Å². The third-order valence-corrected chi connectivity index (χ3v) is 3.58. The quantitative estimate of drug-likeness (QED) is 0.879. The summed E-state index contributed by atoms with van der Waals surface area (Å²) in [4.78, 5) is 15.1. The molecule has 1 heterocycles. The Morgan fingerprint density at radius 1 is 1.61 bits per heavy atom. The molecular formula is C12H15ClN2O3. The molecule has 1 aromatic heterocycles. The van der Waals surface area contributed by atoms with E-state index >= 15 is 0 Å². The molecule has 2 atom stereocenters. The summed E-state index contributed by atoms with van der Waals surface area (Å²) in [6.07, 6.45) is 4.59. The van der Waals surface area contributed by atoms with Crippen molar-refractivity contribution in [1.82, 2.24) is 4.98 Å². The number of aromatic carboxylic acids is 1. The van der Waals surface area contributed by atoms with Crippen LogP contribution in [-0.4, -0.2) is 35.3 Å². The number of ether oxygens (including phenoxy) is 1. The molecule has 0 aliphatic heterocycles. The van der Waals surface area contributed by atoms with E-state index in [2.05, 4.69) is 10.3 Å². The summed E-state index contributed by atoms with van der Waals surface area (Å²) >= 11 is 6.03. The van der Waals surface area contributed by atoms with Crippen molar-refractivity contribution in [1.29, 1.82) is 0 Å². The minimum Gasteiger partial charge on any atom is -0.478 e. The van der Waals surface area contributed by atoms with Crippen LogP contribution in [0.15, 0.2) is 12.3 Å². The number of halogens is 1. The first-order valence-corrected chi connectivity index (χ1v) is 6.18. The predicted octanol–water partition coefficient (Wildman–Crippen LogP) is 2.41. The predicted molar refractivity (Wildman–Crippen MR) is 68.3 cm³/mol. The van der Waals surface area contributed by atoms with Gasteiger partial charge < -0.3 is 15.2 Å². The van der Waals surface area contributed by atoms with Gasteiger partial charge in [0.1, 0.15) is 5.82 Å². The zero-order chi connectivity index (χ0) is 13.1. The average Bonchev–Trinajstić information content (AvgIpc) is 2.78. The molecule has 2 unspecified atom stereocenters. The minimum absolute atomic E-state index is 0.0566. The van der Waals surface area contributed by atoms with Gasteiger partial charge >= 0.3 is 5.97 Å². The van der Waals surface area contributed by atoms with E-state index in [1.807, 2.05) is 0 Å². The number of rotatable bonds is 4. The third kappa shape index (κ3) is 2.57. The molecule has 0 bridgehead atoms. The van der Waals surface area contributed by atoms with Crippen LogP contribution in [-0.2, 0) is 4.74 Å². The zero-order valence-corrected chi connectivity index (χ0v) is 10.8. The van der Waals surface area contributed by atoms with Gasteiger partial charge in [0, 0.05) is 13.3 Å². The van der Waals surface area contributed by atoms with E-state index in [9.17, 15) is 4.79 Å². The molecule has 0 amide bonds. The first kappa shape index (κ1) is 13.1. The maximum absolute atomic E-state index is 11.0. The van der Waals surface area contributed by atoms with Crippen molar-refractivity contribution in [2.45, 2.75) is 31.4 Å². The van der Waals surface area contributed by atoms with Crippen molar-refractivity contribution in [2.75, 3.05) is 12.4 Å². The largest absolute Gasteiger partial charge is 0.478 e. The number of carboxylic acids is 1. The molecule has 1 saturated carbocycles. The van der Waals surface area contributed by atoms with Crippen LogP contribution in [0.5, 0.6) is 0 Å². The van der Waals surface area contributed by atoms with Crippen molar-refractivity contribution in [2.24, 2.45) is 0 Å². The second-order valence-electron chi connectivity index (χ2n) is 4.28. The second-order valence-corrected chi connectivity index (χ2v) is 4.66. The van der Waals surface area contributed by atoms with E-state index in [0.29, 0.717) is 5.82 Å². The van der Waals surface area contributed by atoms with Crippen LogP contribution in [0.4, 0.5) is 5.82 Å². The number of aromatic nitrogens is 1. The van der Waals surface area contributed by atoms with Gasteiger partial charge in [-0.25, -0.2) is 9.78 Å². The fourth-order valence-electron chi connectivity index (χ4n) is 2.26. The van der Waals surface area contributed by atoms with E-state index < -0.39 is 5.97 Å². The molecule has 6 heteroatoms. The number of carbonyl (C=O) groups is 1. The normalized spacial score (nSPS) is 23.0. The third-order valence-electron chi connectivity index (χ3n) is 3.20. The Morgan fingerprint density at radius 2 is 2.39 bits per heavy atom. The monoisotopic (exact) mass is 270 g/mol. The van der Waals surface area contributed by atoms with Crippen molar-refractivity contribution in [3.05, 3.63) is 22.8 Å². The Bertz CT molecular complexity index is 453. The van der Waals surface area contributed by atoms with Gasteiger partial charge in [-0.3, -0.25) is 0 Å². The molecule has 0 spiro atoms. The van der Waals surface area contributed by atoms with Gasteiger partial charge in [-0.15, -0.1) is 0 Å². The van der Waals surface area contributed by atoms with Crippen LogP contribution in [0.3, 0.4) is 0 Å². The number of pyridine rings is 1. The number of nitrogens with one attached hydrogen (secondary N) is 1. The van der Waals surface area contributed by atoms with E-state index in [1.165, 1.54) is 12.3 Å². The highest BCUT2D eigenvalue weighted by Crippen LogP contribution is 2.29. The summed E-state index contributed by atoms with van der Waals surface area (Å²) < 4.78 is 5.36. The lowest BCUT2D eigenvalue weighted by Gasteiger charge is -2.21. The number of carboxylic acid groups (broad SMARTS) is 1. The fraction of sp³-hybridized carbons (Fsp3) is 0.500. The molecule has 5 nitrogen and oxygen atoms in total. The number of methoxy groups -OCH3 is 1. The van der Waals surface area contributed by atoms with Crippen LogP contribution in [0.1, 0.15) is 29.6 Å². The number of hydrogen-bond acceptors (Lipinski definition) is 4. The maximum atomic E-state index is 11.0. The Hall–Kier alpha value is -1.33. The molecule has 2 rings (SSSR count). The van der Waals surface area contributed by atoms with Gasteiger partial charge in [-0.1, -0.05) is 11.6 Å². The first-order chi connectivity index (χ1) is 8.63. The van der Waals surface area contributed by atoms with Crippen LogP contribution in [0.25, 0.3) is 0 Å². The molecule has 98 valence electrons. The molecule has 2 N–H and O–H groups in total. The average molecular weight is 271 g/mol. The highest BCUT2D eigenvalue weighted by atomic mass is 35.5. The number of anilines is 1. The standard InChI is InChI=1S/C12H15ClN2O3/c1-18-9-4-2-3-8(9)15-11-10(13)7(12(16)17)5-6-14-11/h5-6,8-9H,2-4H2,1H3,(H,14,15)(H,16,17). The minimum atomic E-state index is -1.06. The van der Waals surface area contributed by atoms with Crippen LogP contribution in [0, 0.1) is 0 Å². The zero-order valence-electron chi connectivity index (χ0n) is 10.0. The molecular weight excluding hydrogens is 256 g/mol. The molecule has 1 aromatic rings. The Labute approximate surface area is 110 Å². The summed E-state index contributed by atoms with van der Waals surface area (Å²) in [5.41, 5.74) is 0.0566. The lowest BCUT2D eigenvalue weighted by molar-refractivity contribution is 0.0697. The second kappa shape index (κ2) is 5.54. The van der Waals surface area contributed by atoms with Gasteiger partial charge in [0.15, 0.2) is 0 Å². The summed E-state index contributed by atoms with van der Waals surface area (Å²) in [6.45, 7) is 0. The SMILES string of the molecule is COC1CCCC1Nc1nccc(C(=O)O)c1Cl. The Kier molecular flexibility index (Phi) is 4.04. The van der Waals surface area contributed by atoms with Crippen molar-refractivity contribution in [3.63, 3.8) is 0 Å². The van der Waals surface area contributed by atoms with E-state index in [1.54, 1.807) is 7.11 Å². The maximum Gasteiger partial charge on any atom is 0.337 e. The van der Waals surface area contributed by atoms with Gasteiger partial charge in [0.2, 0.25) is 0 Å². The molecule has 1 fully saturated rings. The molecule has 0 aromatic carbocycles. The van der Waals surface area contributed by atoms with Crippen molar-refractivity contribution in [3.8, 4) is 0 Å². The summed E-state index contributed by atoms with van der Waals surface area (Å²) in [5.74, 6) is -0.648. The first-order valence-electron chi connectivity index (χ1n) is 5.80. The topological polar surface area (TPSA) is 71.5 Å². The van der Waals surface area contributed by atoms with Crippen molar-refractivity contribution < 1.29 is 14.6 Å². The Morgan fingerprint density at radius 3 is 3.06 bits per heavy atom. The molecule has 1 aliphatic carbocycles. The van der Waals surface area contributed by atoms with E-state index in [4.69, 9.17) is 21.4 Å². The number of nitrogens with zero attached hydrogens (tertiary/aromatic N) is 1. The summed E-state index contributed by atoms with van der Waals surface area (Å²) in [7, 11) is 1.67. The lowest BCUT2D eigenvalue weighted by atomic mass is 10.2. The number of hydrogen-bond donors (Lipinski definition) is 2.